The average Bonchev–Trinajstić information content (AvgIpc) is 2.92. The lowest BCUT2D eigenvalue weighted by Crippen LogP contribution is -2.33. The van der Waals surface area contributed by atoms with Gasteiger partial charge in [0.2, 0.25) is 5.91 Å². The summed E-state index contributed by atoms with van der Waals surface area (Å²) in [6.07, 6.45) is 1.11. The molecule has 1 heterocycles. The summed E-state index contributed by atoms with van der Waals surface area (Å²) in [4.78, 5) is 18.7. The molecule has 0 spiro atoms. The maximum Gasteiger partial charge on any atom is 0.223 e. The third kappa shape index (κ3) is 4.13. The molecule has 1 amide bonds. The predicted octanol–water partition coefficient (Wildman–Crippen LogP) is 4.13. The number of hydrogen-bond donors (Lipinski definition) is 0. The quantitative estimate of drug-likeness (QED) is 0.801. The van der Waals surface area contributed by atoms with Gasteiger partial charge in [-0.25, -0.2) is 9.37 Å². The zero-order chi connectivity index (χ0) is 16.1. The zero-order valence-electron chi connectivity index (χ0n) is 13.2. The molecule has 3 nitrogen and oxygen atoms in total. The number of aromatic nitrogens is 1. The molecule has 1 aromatic heterocycles. The Morgan fingerprint density at radius 1 is 1.36 bits per heavy atom. The van der Waals surface area contributed by atoms with Crippen molar-refractivity contribution in [2.24, 2.45) is 0 Å². The van der Waals surface area contributed by atoms with Crippen LogP contribution in [-0.2, 0) is 11.2 Å². The van der Waals surface area contributed by atoms with Crippen LogP contribution in [0.15, 0.2) is 29.6 Å². The molecule has 2 rings (SSSR count). The predicted molar refractivity (Wildman–Crippen MR) is 87.4 cm³/mol. The lowest BCUT2D eigenvalue weighted by atomic mass is 10.1. The number of aryl methyl sites for hydroxylation is 2. The molecule has 0 saturated carbocycles. The number of halogens is 1. The number of rotatable bonds is 6. The normalized spacial score (nSPS) is 12.2. The molecular formula is C17H21FN2OS. The zero-order valence-corrected chi connectivity index (χ0v) is 14.0. The molecule has 0 saturated heterocycles. The van der Waals surface area contributed by atoms with Crippen LogP contribution in [-0.4, -0.2) is 22.3 Å². The first-order valence-electron chi connectivity index (χ1n) is 7.47. The van der Waals surface area contributed by atoms with Crippen LogP contribution in [0.5, 0.6) is 0 Å². The molecular weight excluding hydrogens is 299 g/mol. The van der Waals surface area contributed by atoms with Crippen molar-refractivity contribution in [3.05, 3.63) is 51.7 Å². The molecule has 22 heavy (non-hydrogen) atoms. The van der Waals surface area contributed by atoms with Crippen LogP contribution in [0.1, 0.15) is 42.6 Å². The molecule has 118 valence electrons. The van der Waals surface area contributed by atoms with E-state index >= 15 is 0 Å². The summed E-state index contributed by atoms with van der Waals surface area (Å²) < 4.78 is 13.0. The van der Waals surface area contributed by atoms with E-state index in [1.807, 2.05) is 31.1 Å². The lowest BCUT2D eigenvalue weighted by Gasteiger charge is -2.28. The molecule has 0 unspecified atom stereocenters. The van der Waals surface area contributed by atoms with E-state index in [4.69, 9.17) is 0 Å². The van der Waals surface area contributed by atoms with Gasteiger partial charge in [-0.05, 0) is 44.9 Å². The highest BCUT2D eigenvalue weighted by Crippen LogP contribution is 2.21. The van der Waals surface area contributed by atoms with E-state index in [0.717, 1.165) is 16.3 Å². The van der Waals surface area contributed by atoms with E-state index in [1.54, 1.807) is 23.5 Å². The first-order valence-corrected chi connectivity index (χ1v) is 8.35. The van der Waals surface area contributed by atoms with E-state index < -0.39 is 0 Å². The Morgan fingerprint density at radius 2 is 2.05 bits per heavy atom. The van der Waals surface area contributed by atoms with Gasteiger partial charge < -0.3 is 4.90 Å². The fraction of sp³-hybridized carbons (Fsp3) is 0.412. The summed E-state index contributed by atoms with van der Waals surface area (Å²) in [5, 5.41) is 3.02. The van der Waals surface area contributed by atoms with Gasteiger partial charge in [-0.2, -0.15) is 0 Å². The van der Waals surface area contributed by atoms with Crippen molar-refractivity contribution in [1.29, 1.82) is 0 Å². The molecule has 5 heteroatoms. The highest BCUT2D eigenvalue weighted by molar-refractivity contribution is 7.09. The second kappa shape index (κ2) is 7.49. The minimum absolute atomic E-state index is 0.0599. The van der Waals surface area contributed by atoms with Crippen molar-refractivity contribution in [2.45, 2.75) is 39.7 Å². The molecule has 0 N–H and O–H groups in total. The standard InChI is InChI=1S/C17H21FN2OS/c1-4-20(12(2)14-5-7-15(18)8-6-14)17(21)10-9-16-11-22-13(3)19-16/h5-8,11-12H,4,9-10H2,1-3H3/t12-/m1/s1. The van der Waals surface area contributed by atoms with Crippen LogP contribution in [0.25, 0.3) is 0 Å². The Morgan fingerprint density at radius 3 is 2.59 bits per heavy atom. The Hall–Kier alpha value is -1.75. The minimum atomic E-state index is -0.260. The second-order valence-electron chi connectivity index (χ2n) is 5.27. The molecule has 1 atom stereocenters. The van der Waals surface area contributed by atoms with Crippen LogP contribution in [0.4, 0.5) is 4.39 Å². The fourth-order valence-corrected chi connectivity index (χ4v) is 3.14. The van der Waals surface area contributed by atoms with Crippen molar-refractivity contribution in [3.63, 3.8) is 0 Å². The highest BCUT2D eigenvalue weighted by atomic mass is 32.1. The monoisotopic (exact) mass is 320 g/mol. The van der Waals surface area contributed by atoms with Gasteiger partial charge >= 0.3 is 0 Å². The Balaban J connectivity index is 2.00. The molecule has 0 bridgehead atoms. The van der Waals surface area contributed by atoms with Crippen molar-refractivity contribution in [3.8, 4) is 0 Å². The molecule has 0 fully saturated rings. The minimum Gasteiger partial charge on any atom is -0.336 e. The maximum atomic E-state index is 13.0. The van der Waals surface area contributed by atoms with Gasteiger partial charge in [0.15, 0.2) is 0 Å². The lowest BCUT2D eigenvalue weighted by molar-refractivity contribution is -0.133. The van der Waals surface area contributed by atoms with Crippen molar-refractivity contribution in [1.82, 2.24) is 9.88 Å². The number of nitrogens with zero attached hydrogens (tertiary/aromatic N) is 2. The number of carbonyl (C=O) groups excluding carboxylic acids is 1. The van der Waals surface area contributed by atoms with E-state index in [1.165, 1.54) is 12.1 Å². The molecule has 0 aliphatic rings. The first kappa shape index (κ1) is 16.6. The second-order valence-corrected chi connectivity index (χ2v) is 6.33. The number of carbonyl (C=O) groups is 1. The third-order valence-corrected chi connectivity index (χ3v) is 4.56. The maximum absolute atomic E-state index is 13.0. The topological polar surface area (TPSA) is 33.2 Å². The molecule has 1 aromatic carbocycles. The number of hydrogen-bond acceptors (Lipinski definition) is 3. The van der Waals surface area contributed by atoms with E-state index in [0.29, 0.717) is 19.4 Å². The van der Waals surface area contributed by atoms with Crippen LogP contribution in [0.3, 0.4) is 0 Å². The summed E-state index contributed by atoms with van der Waals surface area (Å²) in [6.45, 7) is 6.53. The summed E-state index contributed by atoms with van der Waals surface area (Å²) in [5.74, 6) is -0.158. The summed E-state index contributed by atoms with van der Waals surface area (Å²) >= 11 is 1.60. The highest BCUT2D eigenvalue weighted by Gasteiger charge is 2.20. The van der Waals surface area contributed by atoms with E-state index in [-0.39, 0.29) is 17.8 Å². The van der Waals surface area contributed by atoms with Gasteiger partial charge in [0.25, 0.3) is 0 Å². The smallest absolute Gasteiger partial charge is 0.223 e. The Labute approximate surface area is 134 Å². The van der Waals surface area contributed by atoms with E-state index in [9.17, 15) is 9.18 Å². The first-order chi connectivity index (χ1) is 10.5. The van der Waals surface area contributed by atoms with Gasteiger partial charge in [0, 0.05) is 18.3 Å². The van der Waals surface area contributed by atoms with Crippen LogP contribution >= 0.6 is 11.3 Å². The molecule has 0 radical (unpaired) electrons. The summed E-state index contributed by atoms with van der Waals surface area (Å²) in [5.41, 5.74) is 1.92. The van der Waals surface area contributed by atoms with Crippen molar-refractivity contribution < 1.29 is 9.18 Å². The van der Waals surface area contributed by atoms with Gasteiger partial charge in [-0.1, -0.05) is 12.1 Å². The Bertz CT molecular complexity index is 624. The van der Waals surface area contributed by atoms with Crippen LogP contribution in [0, 0.1) is 12.7 Å². The molecule has 0 aliphatic heterocycles. The van der Waals surface area contributed by atoms with Crippen molar-refractivity contribution >= 4 is 17.2 Å². The molecule has 0 aliphatic carbocycles. The average molecular weight is 320 g/mol. The van der Waals surface area contributed by atoms with Crippen LogP contribution in [0.2, 0.25) is 0 Å². The fourth-order valence-electron chi connectivity index (χ4n) is 2.49. The molecule has 2 aromatic rings. The number of amides is 1. The summed E-state index contributed by atoms with van der Waals surface area (Å²) in [6, 6.07) is 6.28. The van der Waals surface area contributed by atoms with Gasteiger partial charge in [0.05, 0.1) is 16.7 Å². The van der Waals surface area contributed by atoms with Gasteiger partial charge in [-0.15, -0.1) is 11.3 Å². The number of benzene rings is 1. The van der Waals surface area contributed by atoms with Gasteiger partial charge in [-0.3, -0.25) is 4.79 Å². The SMILES string of the molecule is CCN(C(=O)CCc1csc(C)n1)[C@H](C)c1ccc(F)cc1. The van der Waals surface area contributed by atoms with Gasteiger partial charge in [0.1, 0.15) is 5.82 Å². The van der Waals surface area contributed by atoms with Crippen molar-refractivity contribution in [2.75, 3.05) is 6.54 Å². The number of thiazole rings is 1. The van der Waals surface area contributed by atoms with Crippen LogP contribution < -0.4 is 0 Å². The Kier molecular flexibility index (Phi) is 5.66. The largest absolute Gasteiger partial charge is 0.336 e. The van der Waals surface area contributed by atoms with E-state index in [2.05, 4.69) is 4.98 Å². The summed E-state index contributed by atoms with van der Waals surface area (Å²) in [7, 11) is 0. The third-order valence-electron chi connectivity index (χ3n) is 3.74.